The number of anilines is 2. The number of thiophene rings is 1. The number of aryl methyl sites for hydroxylation is 1. The van der Waals surface area contributed by atoms with Crippen molar-refractivity contribution >= 4 is 43.9 Å². The standard InChI is InChI=1S/C22H20BrNO2S/c1-2-26-22(25)20-19(18-12-7-14-5-3-4-6-17(14)18)13-27-21(20)24-16-10-8-15(23)9-11-16/h3-6,8-11,13,18,24H,2,7,12H2,1H3. The van der Waals surface area contributed by atoms with Crippen molar-refractivity contribution in [3.05, 3.63) is 80.6 Å². The van der Waals surface area contributed by atoms with E-state index >= 15 is 0 Å². The van der Waals surface area contributed by atoms with Crippen LogP contribution in [0.1, 0.15) is 46.3 Å². The lowest BCUT2D eigenvalue weighted by Crippen LogP contribution is -2.10. The predicted molar refractivity (Wildman–Crippen MR) is 114 cm³/mol. The minimum absolute atomic E-state index is 0.248. The maximum atomic E-state index is 12.8. The lowest BCUT2D eigenvalue weighted by atomic mass is 9.92. The van der Waals surface area contributed by atoms with Crippen LogP contribution in [0, 0.1) is 0 Å². The van der Waals surface area contributed by atoms with Gasteiger partial charge in [-0.25, -0.2) is 4.79 Å². The first kappa shape index (κ1) is 18.3. The second-order valence-electron chi connectivity index (χ2n) is 6.54. The fourth-order valence-electron chi connectivity index (χ4n) is 3.68. The smallest absolute Gasteiger partial charge is 0.341 e. The molecule has 0 radical (unpaired) electrons. The highest BCUT2D eigenvalue weighted by atomic mass is 79.9. The van der Waals surface area contributed by atoms with E-state index in [2.05, 4.69) is 50.9 Å². The summed E-state index contributed by atoms with van der Waals surface area (Å²) in [6, 6.07) is 16.5. The van der Waals surface area contributed by atoms with Crippen LogP contribution in [0.5, 0.6) is 0 Å². The van der Waals surface area contributed by atoms with E-state index in [-0.39, 0.29) is 11.9 Å². The average Bonchev–Trinajstić information content (AvgIpc) is 3.27. The van der Waals surface area contributed by atoms with Gasteiger partial charge in [0, 0.05) is 16.1 Å². The summed E-state index contributed by atoms with van der Waals surface area (Å²) in [6.07, 6.45) is 2.08. The molecule has 1 N–H and O–H groups in total. The van der Waals surface area contributed by atoms with Crippen LogP contribution in [0.25, 0.3) is 0 Å². The molecular formula is C22H20BrNO2S. The Morgan fingerprint density at radius 2 is 1.96 bits per heavy atom. The van der Waals surface area contributed by atoms with Gasteiger partial charge in [-0.1, -0.05) is 40.2 Å². The first-order chi connectivity index (χ1) is 13.2. The monoisotopic (exact) mass is 441 g/mol. The molecule has 1 aromatic heterocycles. The Morgan fingerprint density at radius 3 is 2.74 bits per heavy atom. The third kappa shape index (κ3) is 3.66. The molecule has 3 aromatic rings. The Labute approximate surface area is 171 Å². The molecule has 1 heterocycles. The van der Waals surface area contributed by atoms with Crippen LogP contribution < -0.4 is 5.32 Å². The van der Waals surface area contributed by atoms with Crippen molar-refractivity contribution in [1.82, 2.24) is 0 Å². The van der Waals surface area contributed by atoms with Gasteiger partial charge in [0.05, 0.1) is 12.2 Å². The molecule has 0 amide bonds. The zero-order chi connectivity index (χ0) is 18.8. The largest absolute Gasteiger partial charge is 0.462 e. The first-order valence-corrected chi connectivity index (χ1v) is 10.7. The summed E-state index contributed by atoms with van der Waals surface area (Å²) in [6.45, 7) is 2.21. The molecule has 0 spiro atoms. The van der Waals surface area contributed by atoms with Gasteiger partial charge in [0.2, 0.25) is 0 Å². The third-order valence-corrected chi connectivity index (χ3v) is 6.35. The van der Waals surface area contributed by atoms with E-state index in [4.69, 9.17) is 4.74 Å². The number of halogens is 1. The zero-order valence-corrected chi connectivity index (χ0v) is 17.4. The van der Waals surface area contributed by atoms with Gasteiger partial charge in [0.1, 0.15) is 5.00 Å². The maximum Gasteiger partial charge on any atom is 0.341 e. The molecule has 5 heteroatoms. The number of hydrogen-bond donors (Lipinski definition) is 1. The molecule has 0 aliphatic heterocycles. The fourth-order valence-corrected chi connectivity index (χ4v) is 4.97. The van der Waals surface area contributed by atoms with E-state index in [0.717, 1.165) is 33.6 Å². The van der Waals surface area contributed by atoms with Crippen LogP contribution in [-0.2, 0) is 11.2 Å². The molecule has 3 nitrogen and oxygen atoms in total. The van der Waals surface area contributed by atoms with Gasteiger partial charge in [-0.3, -0.25) is 0 Å². The minimum atomic E-state index is -0.252. The highest BCUT2D eigenvalue weighted by Crippen LogP contribution is 2.44. The molecule has 0 saturated carbocycles. The molecule has 1 aliphatic carbocycles. The Bertz CT molecular complexity index is 965. The number of esters is 1. The Kier molecular flexibility index (Phi) is 5.32. The molecule has 1 atom stereocenters. The molecule has 1 unspecified atom stereocenters. The van der Waals surface area contributed by atoms with E-state index < -0.39 is 0 Å². The third-order valence-electron chi connectivity index (χ3n) is 4.91. The molecule has 2 aromatic carbocycles. The number of hydrogen-bond acceptors (Lipinski definition) is 4. The van der Waals surface area contributed by atoms with E-state index in [1.54, 1.807) is 11.3 Å². The quantitative estimate of drug-likeness (QED) is 0.458. The molecule has 0 saturated heterocycles. The van der Waals surface area contributed by atoms with Crippen LogP contribution in [0.15, 0.2) is 58.4 Å². The number of benzene rings is 2. The molecular weight excluding hydrogens is 422 g/mol. The number of carbonyl (C=O) groups is 1. The molecule has 1 aliphatic rings. The minimum Gasteiger partial charge on any atom is -0.462 e. The predicted octanol–water partition coefficient (Wildman–Crippen LogP) is 6.51. The zero-order valence-electron chi connectivity index (χ0n) is 15.0. The van der Waals surface area contributed by atoms with Crippen molar-refractivity contribution in [3.63, 3.8) is 0 Å². The Morgan fingerprint density at radius 1 is 1.19 bits per heavy atom. The SMILES string of the molecule is CCOC(=O)c1c(C2CCc3ccccc32)csc1Nc1ccc(Br)cc1. The summed E-state index contributed by atoms with van der Waals surface area (Å²) in [5.74, 6) is -0.00457. The topological polar surface area (TPSA) is 38.3 Å². The molecule has 27 heavy (non-hydrogen) atoms. The Hall–Kier alpha value is -2.11. The number of ether oxygens (including phenoxy) is 1. The number of nitrogens with one attached hydrogen (secondary N) is 1. The van der Waals surface area contributed by atoms with Crippen molar-refractivity contribution in [2.75, 3.05) is 11.9 Å². The lowest BCUT2D eigenvalue weighted by Gasteiger charge is -2.14. The summed E-state index contributed by atoms with van der Waals surface area (Å²) < 4.78 is 6.41. The van der Waals surface area contributed by atoms with Crippen molar-refractivity contribution in [3.8, 4) is 0 Å². The van der Waals surface area contributed by atoms with Crippen LogP contribution >= 0.6 is 27.3 Å². The van der Waals surface area contributed by atoms with Crippen molar-refractivity contribution in [2.24, 2.45) is 0 Å². The van der Waals surface area contributed by atoms with E-state index in [1.807, 2.05) is 31.2 Å². The molecule has 0 fully saturated rings. The normalized spacial score (nSPS) is 15.4. The van der Waals surface area contributed by atoms with Crippen LogP contribution in [0.2, 0.25) is 0 Å². The molecule has 4 rings (SSSR count). The fraction of sp³-hybridized carbons (Fsp3) is 0.227. The van der Waals surface area contributed by atoms with Crippen LogP contribution in [0.4, 0.5) is 10.7 Å². The van der Waals surface area contributed by atoms with Gasteiger partial charge in [-0.2, -0.15) is 0 Å². The number of rotatable bonds is 5. The van der Waals surface area contributed by atoms with Crippen LogP contribution in [0.3, 0.4) is 0 Å². The van der Waals surface area contributed by atoms with E-state index in [0.29, 0.717) is 12.2 Å². The van der Waals surface area contributed by atoms with E-state index in [9.17, 15) is 4.79 Å². The van der Waals surface area contributed by atoms with Gasteiger partial charge in [-0.15, -0.1) is 11.3 Å². The highest BCUT2D eigenvalue weighted by molar-refractivity contribution is 9.10. The van der Waals surface area contributed by atoms with Gasteiger partial charge < -0.3 is 10.1 Å². The van der Waals surface area contributed by atoms with Crippen molar-refractivity contribution in [2.45, 2.75) is 25.7 Å². The second kappa shape index (κ2) is 7.87. The van der Waals surface area contributed by atoms with Gasteiger partial charge in [0.25, 0.3) is 0 Å². The second-order valence-corrected chi connectivity index (χ2v) is 8.33. The van der Waals surface area contributed by atoms with Crippen molar-refractivity contribution < 1.29 is 9.53 Å². The summed E-state index contributed by atoms with van der Waals surface area (Å²) in [7, 11) is 0. The number of fused-ring (bicyclic) bond motifs is 1. The lowest BCUT2D eigenvalue weighted by molar-refractivity contribution is 0.0526. The highest BCUT2D eigenvalue weighted by Gasteiger charge is 2.30. The van der Waals surface area contributed by atoms with Crippen molar-refractivity contribution in [1.29, 1.82) is 0 Å². The van der Waals surface area contributed by atoms with Gasteiger partial charge in [0.15, 0.2) is 0 Å². The molecule has 0 bridgehead atoms. The Balaban J connectivity index is 1.73. The summed E-state index contributed by atoms with van der Waals surface area (Å²) in [4.78, 5) is 12.8. The molecule has 138 valence electrons. The van der Waals surface area contributed by atoms with Gasteiger partial charge in [-0.05, 0) is 66.1 Å². The summed E-state index contributed by atoms with van der Waals surface area (Å²) in [5.41, 5.74) is 5.40. The average molecular weight is 442 g/mol. The number of carbonyl (C=O) groups excluding carboxylic acids is 1. The summed E-state index contributed by atoms with van der Waals surface area (Å²) in [5, 5.41) is 6.36. The van der Waals surface area contributed by atoms with E-state index in [1.165, 1.54) is 11.1 Å². The first-order valence-electron chi connectivity index (χ1n) is 9.06. The maximum absolute atomic E-state index is 12.8. The summed E-state index contributed by atoms with van der Waals surface area (Å²) >= 11 is 5.02. The van der Waals surface area contributed by atoms with Crippen LogP contribution in [-0.4, -0.2) is 12.6 Å². The van der Waals surface area contributed by atoms with Gasteiger partial charge >= 0.3 is 5.97 Å².